The Bertz CT molecular complexity index is 732. The number of carbonyl (C=O) groups is 1. The molecule has 25 heavy (non-hydrogen) atoms. The third-order valence-electron chi connectivity index (χ3n) is 4.91. The number of hydrogen-bond donors (Lipinski definition) is 1. The summed E-state index contributed by atoms with van der Waals surface area (Å²) in [4.78, 5) is 16.6. The first kappa shape index (κ1) is 17.6. The van der Waals surface area contributed by atoms with E-state index in [0.29, 0.717) is 25.1 Å². The average Bonchev–Trinajstić information content (AvgIpc) is 2.96. The van der Waals surface area contributed by atoms with Crippen LogP contribution >= 0.6 is 0 Å². The molecule has 0 radical (unpaired) electrons. The molecule has 1 fully saturated rings. The second-order valence-corrected chi connectivity index (χ2v) is 7.15. The summed E-state index contributed by atoms with van der Waals surface area (Å²) in [6.45, 7) is 4.56. The maximum atomic E-state index is 12.7. The van der Waals surface area contributed by atoms with E-state index in [0.717, 1.165) is 18.7 Å². The van der Waals surface area contributed by atoms with Crippen LogP contribution in [0.3, 0.4) is 0 Å². The highest BCUT2D eigenvalue weighted by Crippen LogP contribution is 2.24. The number of rotatable bonds is 5. The average molecular weight is 338 g/mol. The fourth-order valence-corrected chi connectivity index (χ4v) is 3.58. The summed E-state index contributed by atoms with van der Waals surface area (Å²) in [5.41, 5.74) is 2.06. The molecule has 132 valence electrons. The van der Waals surface area contributed by atoms with Crippen molar-refractivity contribution in [2.24, 2.45) is 0 Å². The molecule has 0 aliphatic carbocycles. The van der Waals surface area contributed by atoms with E-state index in [9.17, 15) is 9.90 Å². The quantitative estimate of drug-likeness (QED) is 0.912. The lowest BCUT2D eigenvalue weighted by Crippen LogP contribution is -2.45. The van der Waals surface area contributed by atoms with Gasteiger partial charge in [-0.1, -0.05) is 48.5 Å². The normalized spacial score (nSPS) is 20.6. The van der Waals surface area contributed by atoms with Crippen LogP contribution in [0, 0.1) is 6.92 Å². The number of aliphatic hydroxyl groups is 1. The first-order valence-corrected chi connectivity index (χ1v) is 8.77. The van der Waals surface area contributed by atoms with Crippen molar-refractivity contribution < 1.29 is 9.90 Å². The van der Waals surface area contributed by atoms with E-state index in [1.807, 2.05) is 49.4 Å². The number of carbonyl (C=O) groups excluding carboxylic acids is 1. The van der Waals surface area contributed by atoms with E-state index in [1.54, 1.807) is 11.9 Å². The van der Waals surface area contributed by atoms with Gasteiger partial charge in [-0.2, -0.15) is 0 Å². The van der Waals surface area contributed by atoms with Gasteiger partial charge >= 0.3 is 0 Å². The molecule has 2 aromatic carbocycles. The molecule has 0 spiro atoms. The topological polar surface area (TPSA) is 43.8 Å². The number of benzene rings is 2. The Kier molecular flexibility index (Phi) is 5.21. The second-order valence-electron chi connectivity index (χ2n) is 7.15. The summed E-state index contributed by atoms with van der Waals surface area (Å²) >= 11 is 0. The summed E-state index contributed by atoms with van der Waals surface area (Å²) in [7, 11) is 1.77. The predicted octanol–water partition coefficient (Wildman–Crippen LogP) is 2.70. The van der Waals surface area contributed by atoms with Crippen LogP contribution in [-0.4, -0.2) is 53.1 Å². The molecule has 3 rings (SSSR count). The van der Waals surface area contributed by atoms with Crippen molar-refractivity contribution in [1.29, 1.82) is 0 Å². The zero-order valence-electron chi connectivity index (χ0n) is 15.0. The number of likely N-dealkylation sites (N-methyl/N-ethyl adjacent to an activating group) is 1. The van der Waals surface area contributed by atoms with Gasteiger partial charge in [0, 0.05) is 32.2 Å². The van der Waals surface area contributed by atoms with Crippen molar-refractivity contribution in [2.45, 2.75) is 25.5 Å². The van der Waals surface area contributed by atoms with Gasteiger partial charge in [0.15, 0.2) is 0 Å². The highest BCUT2D eigenvalue weighted by molar-refractivity contribution is 5.95. The molecule has 2 aromatic rings. The molecule has 0 bridgehead atoms. The summed E-state index contributed by atoms with van der Waals surface area (Å²) in [5.74, 6) is -0.0342. The van der Waals surface area contributed by atoms with Gasteiger partial charge in [-0.3, -0.25) is 9.69 Å². The number of hydrogen-bond acceptors (Lipinski definition) is 3. The Morgan fingerprint density at radius 1 is 1.16 bits per heavy atom. The van der Waals surface area contributed by atoms with E-state index < -0.39 is 5.60 Å². The van der Waals surface area contributed by atoms with Crippen molar-refractivity contribution in [3.8, 4) is 0 Å². The number of aryl methyl sites for hydroxylation is 1. The Morgan fingerprint density at radius 2 is 1.84 bits per heavy atom. The number of nitrogens with zero attached hydrogens (tertiary/aromatic N) is 2. The Balaban J connectivity index is 1.60. The van der Waals surface area contributed by atoms with Crippen LogP contribution in [0.15, 0.2) is 54.6 Å². The Morgan fingerprint density at radius 3 is 2.56 bits per heavy atom. The molecule has 1 amide bonds. The fraction of sp³-hybridized carbons (Fsp3) is 0.381. The van der Waals surface area contributed by atoms with E-state index >= 15 is 0 Å². The lowest BCUT2D eigenvalue weighted by atomic mass is 10.0. The monoisotopic (exact) mass is 338 g/mol. The van der Waals surface area contributed by atoms with Gasteiger partial charge in [0.2, 0.25) is 0 Å². The summed E-state index contributed by atoms with van der Waals surface area (Å²) in [6, 6.07) is 17.9. The van der Waals surface area contributed by atoms with Gasteiger partial charge in [0.25, 0.3) is 5.91 Å². The van der Waals surface area contributed by atoms with Crippen LogP contribution < -0.4 is 0 Å². The molecule has 1 saturated heterocycles. The molecule has 0 aromatic heterocycles. The third-order valence-corrected chi connectivity index (χ3v) is 4.91. The molecule has 1 heterocycles. The van der Waals surface area contributed by atoms with Crippen LogP contribution in [0.4, 0.5) is 0 Å². The lowest BCUT2D eigenvalue weighted by Gasteiger charge is -2.29. The minimum absolute atomic E-state index is 0.0342. The van der Waals surface area contributed by atoms with Crippen molar-refractivity contribution in [2.75, 3.05) is 26.7 Å². The van der Waals surface area contributed by atoms with Gasteiger partial charge in [0.05, 0.1) is 12.1 Å². The van der Waals surface area contributed by atoms with E-state index in [2.05, 4.69) is 17.0 Å². The van der Waals surface area contributed by atoms with Gasteiger partial charge in [0.1, 0.15) is 0 Å². The molecule has 0 unspecified atom stereocenters. The van der Waals surface area contributed by atoms with E-state index in [4.69, 9.17) is 0 Å². The predicted molar refractivity (Wildman–Crippen MR) is 99.4 cm³/mol. The van der Waals surface area contributed by atoms with Crippen molar-refractivity contribution in [3.63, 3.8) is 0 Å². The zero-order valence-corrected chi connectivity index (χ0v) is 15.0. The van der Waals surface area contributed by atoms with Crippen molar-refractivity contribution in [3.05, 3.63) is 71.3 Å². The molecule has 1 aliphatic heterocycles. The molecule has 4 heteroatoms. The number of likely N-dealkylation sites (tertiary alicyclic amines) is 1. The molecule has 1 N–H and O–H groups in total. The third kappa shape index (κ3) is 4.27. The van der Waals surface area contributed by atoms with Crippen molar-refractivity contribution >= 4 is 5.91 Å². The Hall–Kier alpha value is -2.17. The maximum absolute atomic E-state index is 12.7. The molecular formula is C21H26N2O2. The first-order valence-electron chi connectivity index (χ1n) is 8.77. The van der Waals surface area contributed by atoms with Crippen LogP contribution in [0.25, 0.3) is 0 Å². The fourth-order valence-electron chi connectivity index (χ4n) is 3.58. The van der Waals surface area contributed by atoms with Crippen LogP contribution in [-0.2, 0) is 6.54 Å². The van der Waals surface area contributed by atoms with Crippen LogP contribution in [0.5, 0.6) is 0 Å². The van der Waals surface area contributed by atoms with Gasteiger partial charge in [-0.15, -0.1) is 0 Å². The van der Waals surface area contributed by atoms with E-state index in [-0.39, 0.29) is 5.91 Å². The summed E-state index contributed by atoms with van der Waals surface area (Å²) in [6.07, 6.45) is 0.686. The molecular weight excluding hydrogens is 312 g/mol. The molecule has 4 nitrogen and oxygen atoms in total. The zero-order chi connectivity index (χ0) is 17.9. The maximum Gasteiger partial charge on any atom is 0.253 e. The van der Waals surface area contributed by atoms with Crippen molar-refractivity contribution in [1.82, 2.24) is 9.80 Å². The number of amides is 1. The minimum Gasteiger partial charge on any atom is -0.387 e. The second kappa shape index (κ2) is 7.38. The molecule has 0 saturated carbocycles. The first-order chi connectivity index (χ1) is 12.0. The van der Waals surface area contributed by atoms with Gasteiger partial charge in [-0.25, -0.2) is 0 Å². The summed E-state index contributed by atoms with van der Waals surface area (Å²) < 4.78 is 0. The smallest absolute Gasteiger partial charge is 0.253 e. The van der Waals surface area contributed by atoms with Crippen LogP contribution in [0.1, 0.15) is 27.9 Å². The largest absolute Gasteiger partial charge is 0.387 e. The standard InChI is InChI=1S/C21H26N2O2/c1-17-8-6-7-11-19(17)20(24)22(2)15-21(25)12-13-23(16-21)14-18-9-4-3-5-10-18/h3-11,25H,12-16H2,1-2H3/t21-/m1/s1. The SMILES string of the molecule is Cc1ccccc1C(=O)N(C)C[C@]1(O)CCN(Cc2ccccc2)C1. The van der Waals surface area contributed by atoms with Gasteiger partial charge in [-0.05, 0) is 30.5 Å². The highest BCUT2D eigenvalue weighted by Gasteiger charge is 2.38. The highest BCUT2D eigenvalue weighted by atomic mass is 16.3. The lowest BCUT2D eigenvalue weighted by molar-refractivity contribution is 0.0170. The molecule has 1 aliphatic rings. The summed E-state index contributed by atoms with van der Waals surface area (Å²) in [5, 5.41) is 10.9. The van der Waals surface area contributed by atoms with Crippen LogP contribution in [0.2, 0.25) is 0 Å². The molecule has 1 atom stereocenters. The minimum atomic E-state index is -0.845. The number of β-amino-alcohol motifs (C(OH)–C–C–N with tert-alkyl or cyclic N) is 1. The van der Waals surface area contributed by atoms with E-state index in [1.165, 1.54) is 5.56 Å². The van der Waals surface area contributed by atoms with Gasteiger partial charge < -0.3 is 10.0 Å². The Labute approximate surface area is 149 Å².